The third-order valence-corrected chi connectivity index (χ3v) is 6.84. The number of anilines is 2. The molecule has 5 rings (SSSR count). The van der Waals surface area contributed by atoms with E-state index in [4.69, 9.17) is 9.68 Å². The van der Waals surface area contributed by atoms with E-state index in [2.05, 4.69) is 52.4 Å². The lowest BCUT2D eigenvalue weighted by Gasteiger charge is -2.34. The Morgan fingerprint density at radius 2 is 1.88 bits per heavy atom. The van der Waals surface area contributed by atoms with Crippen LogP contribution in [0.25, 0.3) is 0 Å². The second-order valence-electron chi connectivity index (χ2n) is 8.96. The monoisotopic (exact) mass is 440 g/mol. The zero-order valence-corrected chi connectivity index (χ0v) is 18.8. The molecule has 1 atom stereocenters. The summed E-state index contributed by atoms with van der Waals surface area (Å²) in [6.45, 7) is 4.55. The summed E-state index contributed by atoms with van der Waals surface area (Å²) in [4.78, 5) is 17.7. The van der Waals surface area contributed by atoms with Gasteiger partial charge in [0.05, 0.1) is 30.0 Å². The molecule has 1 unspecified atom stereocenters. The summed E-state index contributed by atoms with van der Waals surface area (Å²) >= 11 is 0. The largest absolute Gasteiger partial charge is 0.467 e. The number of carbonyl (C=O) groups is 1. The second kappa shape index (κ2) is 9.03. The van der Waals surface area contributed by atoms with Crippen molar-refractivity contribution in [2.75, 3.05) is 22.9 Å². The Morgan fingerprint density at radius 1 is 1.12 bits per heavy atom. The van der Waals surface area contributed by atoms with Gasteiger partial charge in [-0.25, -0.2) is 0 Å². The van der Waals surface area contributed by atoms with Crippen LogP contribution in [0.5, 0.6) is 0 Å². The van der Waals surface area contributed by atoms with Crippen molar-refractivity contribution >= 4 is 17.3 Å². The van der Waals surface area contributed by atoms with Gasteiger partial charge in [-0.05, 0) is 68.1 Å². The van der Waals surface area contributed by atoms with E-state index in [-0.39, 0.29) is 11.9 Å². The van der Waals surface area contributed by atoms with Gasteiger partial charge in [0.15, 0.2) is 0 Å². The second-order valence-corrected chi connectivity index (χ2v) is 8.96. The van der Waals surface area contributed by atoms with Crippen molar-refractivity contribution in [3.63, 3.8) is 0 Å². The summed E-state index contributed by atoms with van der Waals surface area (Å²) in [6.07, 6.45) is 4.39. The first kappa shape index (κ1) is 21.1. The molecular formula is C27H28N4O2. The molecule has 0 bridgehead atoms. The molecule has 1 saturated heterocycles. The summed E-state index contributed by atoms with van der Waals surface area (Å²) in [5.41, 5.74) is 4.99. The molecule has 0 radical (unpaired) electrons. The Hall–Kier alpha value is -3.72. The van der Waals surface area contributed by atoms with Crippen molar-refractivity contribution in [2.24, 2.45) is 0 Å². The topological polar surface area (TPSA) is 72.5 Å². The average molecular weight is 441 g/mol. The fraction of sp³-hybridized carbons (Fsp3) is 0.333. The summed E-state index contributed by atoms with van der Waals surface area (Å²) in [7, 11) is 0. The molecule has 168 valence electrons. The van der Waals surface area contributed by atoms with Gasteiger partial charge in [0.1, 0.15) is 5.76 Å². The van der Waals surface area contributed by atoms with Gasteiger partial charge in [-0.1, -0.05) is 18.2 Å². The van der Waals surface area contributed by atoms with Gasteiger partial charge in [0, 0.05) is 36.5 Å². The number of nitrogens with one attached hydrogen (secondary N) is 1. The van der Waals surface area contributed by atoms with E-state index in [1.54, 1.807) is 12.3 Å². The van der Waals surface area contributed by atoms with Gasteiger partial charge < -0.3 is 19.5 Å². The van der Waals surface area contributed by atoms with Crippen LogP contribution in [0, 0.1) is 11.3 Å². The van der Waals surface area contributed by atoms with E-state index in [1.807, 2.05) is 24.3 Å². The molecule has 1 aromatic heterocycles. The van der Waals surface area contributed by atoms with Crippen molar-refractivity contribution in [1.29, 1.82) is 5.26 Å². The van der Waals surface area contributed by atoms with Gasteiger partial charge in [0.2, 0.25) is 0 Å². The summed E-state index contributed by atoms with van der Waals surface area (Å²) < 4.78 is 5.76. The van der Waals surface area contributed by atoms with E-state index < -0.39 is 0 Å². The van der Waals surface area contributed by atoms with Gasteiger partial charge in [-0.15, -0.1) is 0 Å². The van der Waals surface area contributed by atoms with Crippen LogP contribution in [0.1, 0.15) is 47.0 Å². The molecule has 3 heterocycles. The molecule has 2 aromatic carbocycles. The molecule has 1 amide bonds. The lowest BCUT2D eigenvalue weighted by molar-refractivity contribution is 0.0929. The van der Waals surface area contributed by atoms with Crippen molar-refractivity contribution in [3.8, 4) is 6.07 Å². The number of nitriles is 1. The molecular weight excluding hydrogens is 412 g/mol. The number of hydrogen-bond donors (Lipinski definition) is 1. The molecule has 0 aliphatic carbocycles. The highest BCUT2D eigenvalue weighted by molar-refractivity contribution is 5.95. The lowest BCUT2D eigenvalue weighted by atomic mass is 10.0. The quantitative estimate of drug-likeness (QED) is 0.632. The zero-order chi connectivity index (χ0) is 22.8. The van der Waals surface area contributed by atoms with Crippen molar-refractivity contribution in [1.82, 2.24) is 5.32 Å². The third-order valence-electron chi connectivity index (χ3n) is 6.84. The van der Waals surface area contributed by atoms with Crippen LogP contribution in [0.4, 0.5) is 11.4 Å². The number of fused-ring (bicyclic) bond motifs is 1. The molecule has 2 aliphatic heterocycles. The number of rotatable bonds is 5. The van der Waals surface area contributed by atoms with E-state index in [0.717, 1.165) is 38.0 Å². The number of para-hydroxylation sites is 1. The van der Waals surface area contributed by atoms with Crippen LogP contribution >= 0.6 is 0 Å². The number of hydrogen-bond acceptors (Lipinski definition) is 5. The number of furan rings is 1. The molecule has 2 aliphatic rings. The normalized spacial score (nSPS) is 18.1. The fourth-order valence-electron chi connectivity index (χ4n) is 4.98. The van der Waals surface area contributed by atoms with E-state index in [9.17, 15) is 4.79 Å². The third kappa shape index (κ3) is 4.31. The minimum atomic E-state index is -0.0595. The van der Waals surface area contributed by atoms with Crippen molar-refractivity contribution in [2.45, 2.75) is 44.8 Å². The number of benzene rings is 2. The smallest absolute Gasteiger partial charge is 0.255 e. The lowest BCUT2D eigenvalue weighted by Crippen LogP contribution is -2.45. The maximum atomic E-state index is 13.1. The molecule has 3 aromatic rings. The number of piperidine rings is 1. The van der Waals surface area contributed by atoms with E-state index >= 15 is 0 Å². The van der Waals surface area contributed by atoms with Gasteiger partial charge in [-0.3, -0.25) is 4.79 Å². The average Bonchev–Trinajstić information content (AvgIpc) is 3.44. The standard InChI is InChI=1S/C27H28N4O2/c1-19-16-21-4-2-3-5-25(21)31(19)18-26-24(12-15-33-26)27(32)29-22-10-13-30(14-11-22)23-8-6-20(17-28)7-9-23/h2-9,12,15,19,22H,10-11,13-14,16,18H2,1H3,(H,29,32). The molecule has 0 saturated carbocycles. The predicted molar refractivity (Wildman–Crippen MR) is 128 cm³/mol. The summed E-state index contributed by atoms with van der Waals surface area (Å²) in [6, 6.07) is 20.6. The highest BCUT2D eigenvalue weighted by Gasteiger charge is 2.29. The number of amides is 1. The maximum absolute atomic E-state index is 13.1. The minimum Gasteiger partial charge on any atom is -0.467 e. The minimum absolute atomic E-state index is 0.0595. The number of nitrogens with zero attached hydrogens (tertiary/aromatic N) is 3. The molecule has 1 N–H and O–H groups in total. The first-order valence-electron chi connectivity index (χ1n) is 11.6. The van der Waals surface area contributed by atoms with Gasteiger partial charge in [-0.2, -0.15) is 5.26 Å². The highest BCUT2D eigenvalue weighted by atomic mass is 16.3. The van der Waals surface area contributed by atoms with Crippen LogP contribution in [-0.4, -0.2) is 31.1 Å². The Kier molecular flexibility index (Phi) is 5.78. The molecule has 6 nitrogen and oxygen atoms in total. The zero-order valence-electron chi connectivity index (χ0n) is 18.8. The highest BCUT2D eigenvalue weighted by Crippen LogP contribution is 2.33. The van der Waals surface area contributed by atoms with E-state index in [0.29, 0.717) is 29.5 Å². The first-order chi connectivity index (χ1) is 16.1. The molecule has 1 fully saturated rings. The van der Waals surface area contributed by atoms with Gasteiger partial charge in [0.25, 0.3) is 5.91 Å². The SMILES string of the molecule is CC1Cc2ccccc2N1Cc1occc1C(=O)NC1CCN(c2ccc(C#N)cc2)CC1. The van der Waals surface area contributed by atoms with Crippen molar-refractivity contribution < 1.29 is 9.21 Å². The van der Waals surface area contributed by atoms with Crippen LogP contribution in [0.2, 0.25) is 0 Å². The van der Waals surface area contributed by atoms with Crippen LogP contribution in [0.3, 0.4) is 0 Å². The summed E-state index contributed by atoms with van der Waals surface area (Å²) in [5.74, 6) is 0.654. The first-order valence-corrected chi connectivity index (χ1v) is 11.6. The fourth-order valence-corrected chi connectivity index (χ4v) is 4.98. The Morgan fingerprint density at radius 3 is 2.64 bits per heavy atom. The van der Waals surface area contributed by atoms with Crippen LogP contribution in [-0.2, 0) is 13.0 Å². The molecule has 6 heteroatoms. The summed E-state index contributed by atoms with van der Waals surface area (Å²) in [5, 5.41) is 12.2. The van der Waals surface area contributed by atoms with Crippen LogP contribution < -0.4 is 15.1 Å². The molecule has 33 heavy (non-hydrogen) atoms. The Balaban J connectivity index is 1.20. The van der Waals surface area contributed by atoms with Crippen molar-refractivity contribution in [3.05, 3.63) is 83.3 Å². The van der Waals surface area contributed by atoms with Gasteiger partial charge >= 0.3 is 0 Å². The Bertz CT molecular complexity index is 1170. The van der Waals surface area contributed by atoms with Crippen LogP contribution in [0.15, 0.2) is 65.3 Å². The Labute approximate surface area is 194 Å². The predicted octanol–water partition coefficient (Wildman–Crippen LogP) is 4.50. The number of carbonyl (C=O) groups excluding carboxylic acids is 1. The van der Waals surface area contributed by atoms with E-state index in [1.165, 1.54) is 11.3 Å². The molecule has 0 spiro atoms. The maximum Gasteiger partial charge on any atom is 0.255 e.